The molecule has 0 radical (unpaired) electrons. The number of hydrogen-bond donors (Lipinski definition) is 2. The maximum Gasteiger partial charge on any atom is 0.263 e. The number of thioether (sulfide) groups is 1. The third-order valence-electron chi connectivity index (χ3n) is 4.99. The molecule has 2 aromatic heterocycles. The molecule has 2 N–H and O–H groups in total. The second-order valence-corrected chi connectivity index (χ2v) is 9.46. The molecule has 9 heteroatoms. The van der Waals surface area contributed by atoms with Gasteiger partial charge in [-0.2, -0.15) is 0 Å². The zero-order valence-electron chi connectivity index (χ0n) is 19.0. The van der Waals surface area contributed by atoms with Crippen LogP contribution in [0.15, 0.2) is 52.3 Å². The van der Waals surface area contributed by atoms with Gasteiger partial charge in [0.1, 0.15) is 10.9 Å². The minimum Gasteiger partial charge on any atom is -0.354 e. The molecule has 0 aliphatic carbocycles. The molecule has 33 heavy (non-hydrogen) atoms. The van der Waals surface area contributed by atoms with Gasteiger partial charge < -0.3 is 10.6 Å². The minimum absolute atomic E-state index is 0.0384. The number of nitrogens with one attached hydrogen (secondary N) is 2. The molecule has 0 bridgehead atoms. The summed E-state index contributed by atoms with van der Waals surface area (Å²) in [5.41, 5.74) is 2.80. The van der Waals surface area contributed by atoms with E-state index in [1.165, 1.54) is 27.7 Å². The molecule has 0 aliphatic rings. The van der Waals surface area contributed by atoms with Gasteiger partial charge in [0, 0.05) is 24.0 Å². The lowest BCUT2D eigenvalue weighted by molar-refractivity contribution is -0.127. The van der Waals surface area contributed by atoms with Crippen molar-refractivity contribution in [3.05, 3.63) is 58.2 Å². The number of rotatable bonds is 10. The van der Waals surface area contributed by atoms with E-state index in [0.29, 0.717) is 21.9 Å². The van der Waals surface area contributed by atoms with Crippen molar-refractivity contribution in [3.8, 4) is 11.1 Å². The van der Waals surface area contributed by atoms with Crippen molar-refractivity contribution in [3.63, 3.8) is 0 Å². The fourth-order valence-electron chi connectivity index (χ4n) is 3.23. The average molecular weight is 485 g/mol. The third kappa shape index (κ3) is 5.91. The third-order valence-corrected chi connectivity index (χ3v) is 6.83. The van der Waals surface area contributed by atoms with Crippen LogP contribution in [-0.2, 0) is 16.1 Å². The summed E-state index contributed by atoms with van der Waals surface area (Å²) in [7, 11) is 0. The maximum atomic E-state index is 13.4. The van der Waals surface area contributed by atoms with Gasteiger partial charge in [0.15, 0.2) is 5.16 Å². The smallest absolute Gasteiger partial charge is 0.263 e. The van der Waals surface area contributed by atoms with Crippen LogP contribution in [0.25, 0.3) is 21.3 Å². The highest BCUT2D eigenvalue weighted by atomic mass is 32.2. The highest BCUT2D eigenvalue weighted by molar-refractivity contribution is 7.99. The van der Waals surface area contributed by atoms with Gasteiger partial charge in [-0.15, -0.1) is 17.9 Å². The summed E-state index contributed by atoms with van der Waals surface area (Å²) < 4.78 is 1.54. The first-order valence-corrected chi connectivity index (χ1v) is 12.6. The number of benzene rings is 1. The van der Waals surface area contributed by atoms with Gasteiger partial charge in [-0.25, -0.2) is 4.98 Å². The first-order chi connectivity index (χ1) is 15.8. The van der Waals surface area contributed by atoms with Crippen molar-refractivity contribution in [2.24, 2.45) is 0 Å². The van der Waals surface area contributed by atoms with Crippen molar-refractivity contribution in [1.82, 2.24) is 20.2 Å². The van der Waals surface area contributed by atoms with Gasteiger partial charge in [0.25, 0.3) is 5.56 Å². The number of fused-ring (bicyclic) bond motifs is 1. The normalized spacial score (nSPS) is 11.8. The molecule has 2 heterocycles. The molecule has 0 fully saturated rings. The maximum absolute atomic E-state index is 13.4. The summed E-state index contributed by atoms with van der Waals surface area (Å²) in [6.07, 6.45) is 2.46. The first kappa shape index (κ1) is 24.7. The number of allylic oxidation sites excluding steroid dienone is 1. The van der Waals surface area contributed by atoms with E-state index in [1.54, 1.807) is 13.0 Å². The summed E-state index contributed by atoms with van der Waals surface area (Å²) in [6.45, 7) is 10.2. The fraction of sp³-hybridized carbons (Fsp3) is 0.333. The average Bonchev–Trinajstić information content (AvgIpc) is 3.22. The van der Waals surface area contributed by atoms with Crippen LogP contribution in [0, 0.1) is 6.92 Å². The van der Waals surface area contributed by atoms with E-state index in [1.807, 2.05) is 43.5 Å². The topological polar surface area (TPSA) is 93.1 Å². The highest BCUT2D eigenvalue weighted by Crippen LogP contribution is 2.32. The second kappa shape index (κ2) is 11.3. The predicted molar refractivity (Wildman–Crippen MR) is 136 cm³/mol. The van der Waals surface area contributed by atoms with Gasteiger partial charge >= 0.3 is 0 Å². The van der Waals surface area contributed by atoms with Gasteiger partial charge in [-0.05, 0) is 25.8 Å². The lowest BCUT2D eigenvalue weighted by Gasteiger charge is -2.14. The van der Waals surface area contributed by atoms with E-state index in [9.17, 15) is 14.4 Å². The Kier molecular flexibility index (Phi) is 8.46. The Morgan fingerprint density at radius 2 is 2.03 bits per heavy atom. The predicted octanol–water partition coefficient (Wildman–Crippen LogP) is 3.74. The molecule has 7 nitrogen and oxygen atoms in total. The van der Waals surface area contributed by atoms with Crippen LogP contribution in [0.1, 0.15) is 25.8 Å². The van der Waals surface area contributed by atoms with Crippen LogP contribution < -0.4 is 16.2 Å². The molecule has 3 rings (SSSR count). The molecule has 0 saturated heterocycles. The van der Waals surface area contributed by atoms with Crippen LogP contribution in [0.5, 0.6) is 0 Å². The van der Waals surface area contributed by atoms with Crippen molar-refractivity contribution >= 4 is 45.1 Å². The van der Waals surface area contributed by atoms with Gasteiger partial charge in [-0.1, -0.05) is 54.6 Å². The number of amides is 2. The molecule has 1 atom stereocenters. The van der Waals surface area contributed by atoms with Gasteiger partial charge in [0.2, 0.25) is 11.8 Å². The Hall–Kier alpha value is -2.91. The molecular formula is C24H28N4O3S2. The van der Waals surface area contributed by atoms with E-state index in [-0.39, 0.29) is 29.7 Å². The molecule has 0 aliphatic heterocycles. The minimum atomic E-state index is -0.634. The summed E-state index contributed by atoms with van der Waals surface area (Å²) in [6, 6.07) is 7.39. The molecule has 0 saturated carbocycles. The van der Waals surface area contributed by atoms with Crippen LogP contribution in [-0.4, -0.2) is 39.7 Å². The highest BCUT2D eigenvalue weighted by Gasteiger charge is 2.19. The van der Waals surface area contributed by atoms with Crippen LogP contribution in [0.2, 0.25) is 0 Å². The Balaban J connectivity index is 1.83. The number of nitrogens with zero attached hydrogens (tertiary/aromatic N) is 2. The largest absolute Gasteiger partial charge is 0.354 e. The zero-order valence-corrected chi connectivity index (χ0v) is 20.6. The lowest BCUT2D eigenvalue weighted by Crippen LogP contribution is -2.45. The number of carbonyl (C=O) groups excluding carboxylic acids is 2. The number of aryl methyl sites for hydroxylation is 1. The Bertz CT molecular complexity index is 1210. The van der Waals surface area contributed by atoms with Crippen LogP contribution in [0.3, 0.4) is 0 Å². The zero-order chi connectivity index (χ0) is 24.0. The number of thiophene rings is 1. The molecule has 0 spiro atoms. The van der Waals surface area contributed by atoms with Crippen molar-refractivity contribution in [1.29, 1.82) is 0 Å². The van der Waals surface area contributed by atoms with Gasteiger partial charge in [-0.3, -0.25) is 19.0 Å². The van der Waals surface area contributed by atoms with E-state index < -0.39 is 6.04 Å². The molecular weight excluding hydrogens is 456 g/mol. The summed E-state index contributed by atoms with van der Waals surface area (Å²) in [5, 5.41) is 8.40. The van der Waals surface area contributed by atoms with E-state index in [2.05, 4.69) is 22.2 Å². The van der Waals surface area contributed by atoms with Crippen molar-refractivity contribution < 1.29 is 9.59 Å². The first-order valence-electron chi connectivity index (χ1n) is 10.8. The van der Waals surface area contributed by atoms with E-state index in [0.717, 1.165) is 23.1 Å². The molecule has 3 aromatic rings. The second-order valence-electron chi connectivity index (χ2n) is 7.66. The number of carbonyl (C=O) groups is 2. The molecule has 2 amide bonds. The summed E-state index contributed by atoms with van der Waals surface area (Å²) >= 11 is 2.58. The summed E-state index contributed by atoms with van der Waals surface area (Å²) in [5.74, 6) is -0.484. The molecule has 1 unspecified atom stereocenters. The molecule has 174 valence electrons. The van der Waals surface area contributed by atoms with Crippen molar-refractivity contribution in [2.45, 2.75) is 44.9 Å². The quantitative estimate of drug-likeness (QED) is 0.260. The van der Waals surface area contributed by atoms with Crippen LogP contribution in [0.4, 0.5) is 0 Å². The Labute approximate surface area is 201 Å². The lowest BCUT2D eigenvalue weighted by atomic mass is 10.1. The monoisotopic (exact) mass is 484 g/mol. The Morgan fingerprint density at radius 1 is 1.30 bits per heavy atom. The SMILES string of the molecule is C=CCn1c(SCC(=O)NC(C)C(=O)NCCC)nc2scc(-c3ccc(C)cc3)c2c1=O. The van der Waals surface area contributed by atoms with Crippen molar-refractivity contribution in [2.75, 3.05) is 12.3 Å². The fourth-order valence-corrected chi connectivity index (χ4v) is 5.04. The van der Waals surface area contributed by atoms with E-state index >= 15 is 0 Å². The number of aromatic nitrogens is 2. The number of hydrogen-bond acceptors (Lipinski definition) is 6. The van der Waals surface area contributed by atoms with E-state index in [4.69, 9.17) is 0 Å². The van der Waals surface area contributed by atoms with Gasteiger partial charge in [0.05, 0.1) is 11.1 Å². The molecule has 1 aromatic carbocycles. The summed E-state index contributed by atoms with van der Waals surface area (Å²) in [4.78, 5) is 43.1. The van der Waals surface area contributed by atoms with Crippen LogP contribution >= 0.6 is 23.1 Å². The Morgan fingerprint density at radius 3 is 2.70 bits per heavy atom. The standard InChI is InChI=1S/C24H28N4O3S2/c1-5-11-25-21(30)16(4)26-19(29)14-33-24-27-22-20(23(31)28(24)12-6-2)18(13-32-22)17-9-7-15(3)8-10-17/h6-10,13,16H,2,5,11-12,14H2,1,3-4H3,(H,25,30)(H,26,29).